The Labute approximate surface area is 75.1 Å². The Hall–Kier alpha value is -0.465. The van der Waals surface area contributed by atoms with Gasteiger partial charge in [0.15, 0.2) is 0 Å². The van der Waals surface area contributed by atoms with Gasteiger partial charge in [-0.15, -0.1) is 0 Å². The molecule has 0 aromatic heterocycles. The summed E-state index contributed by atoms with van der Waals surface area (Å²) < 4.78 is 5.40. The molecule has 0 spiro atoms. The largest absolute Gasteiger partial charge is 0.459 e. The third-order valence-electron chi connectivity index (χ3n) is 2.48. The molecular formula is C9H17BO2. The summed E-state index contributed by atoms with van der Waals surface area (Å²) in [7, 11) is 2.00. The van der Waals surface area contributed by atoms with Gasteiger partial charge < -0.3 is 4.74 Å². The molecule has 2 nitrogen and oxygen atoms in total. The third-order valence-corrected chi connectivity index (χ3v) is 2.48. The van der Waals surface area contributed by atoms with Gasteiger partial charge in [-0.1, -0.05) is 6.32 Å². The van der Waals surface area contributed by atoms with Crippen LogP contribution in [0.5, 0.6) is 0 Å². The van der Waals surface area contributed by atoms with Crippen molar-refractivity contribution in [2.75, 3.05) is 0 Å². The second-order valence-corrected chi connectivity index (χ2v) is 3.88. The molecule has 0 radical (unpaired) electrons. The van der Waals surface area contributed by atoms with Gasteiger partial charge in [0.05, 0.1) is 0 Å². The highest BCUT2D eigenvalue weighted by molar-refractivity contribution is 6.09. The molecule has 0 unspecified atom stereocenters. The van der Waals surface area contributed by atoms with Gasteiger partial charge >= 0.3 is 5.97 Å². The van der Waals surface area contributed by atoms with E-state index in [-0.39, 0.29) is 11.6 Å². The number of carbonyl (C=O) groups is 1. The monoisotopic (exact) mass is 168 g/mol. The molecule has 0 atom stereocenters. The van der Waals surface area contributed by atoms with E-state index >= 15 is 0 Å². The highest BCUT2D eigenvalue weighted by Crippen LogP contribution is 2.32. The van der Waals surface area contributed by atoms with Crippen LogP contribution in [-0.4, -0.2) is 19.4 Å². The summed E-state index contributed by atoms with van der Waals surface area (Å²) in [6.45, 7) is 2.05. The molecule has 0 N–H and O–H groups in total. The van der Waals surface area contributed by atoms with Crippen LogP contribution < -0.4 is 0 Å². The lowest BCUT2D eigenvalue weighted by atomic mass is 10.0. The molecule has 1 fully saturated rings. The molecule has 0 saturated heterocycles. The molecule has 12 heavy (non-hydrogen) atoms. The molecule has 0 heterocycles. The van der Waals surface area contributed by atoms with Crippen molar-refractivity contribution in [1.29, 1.82) is 0 Å². The Kier molecular flexibility index (Phi) is 3.18. The van der Waals surface area contributed by atoms with Crippen molar-refractivity contribution in [2.24, 2.45) is 0 Å². The average Bonchev–Trinajstić information content (AvgIpc) is 2.36. The standard InChI is InChI=1S/C9H17BO2/c1-9(5-2-3-6-9)12-8(11)4-7-10/h2-7,10H2,1H3. The maximum absolute atomic E-state index is 11.2. The van der Waals surface area contributed by atoms with Gasteiger partial charge in [0, 0.05) is 6.42 Å². The van der Waals surface area contributed by atoms with Crippen molar-refractivity contribution in [3.8, 4) is 0 Å². The number of hydrogen-bond donors (Lipinski definition) is 0. The molecular weight excluding hydrogens is 151 g/mol. The minimum absolute atomic E-state index is 0.0260. The van der Waals surface area contributed by atoms with E-state index in [1.165, 1.54) is 12.8 Å². The van der Waals surface area contributed by atoms with Crippen LogP contribution in [0.4, 0.5) is 0 Å². The molecule has 1 aliphatic carbocycles. The van der Waals surface area contributed by atoms with Crippen molar-refractivity contribution in [3.05, 3.63) is 0 Å². The first-order valence-electron chi connectivity index (χ1n) is 4.88. The first kappa shape index (κ1) is 9.62. The summed E-state index contributed by atoms with van der Waals surface area (Å²) in [4.78, 5) is 11.2. The molecule has 1 saturated carbocycles. The molecule has 3 heteroatoms. The van der Waals surface area contributed by atoms with Gasteiger partial charge in [-0.05, 0) is 32.6 Å². The van der Waals surface area contributed by atoms with Crippen LogP contribution in [0.2, 0.25) is 6.32 Å². The van der Waals surface area contributed by atoms with Gasteiger partial charge in [-0.2, -0.15) is 0 Å². The van der Waals surface area contributed by atoms with Gasteiger partial charge in [0.1, 0.15) is 13.4 Å². The van der Waals surface area contributed by atoms with Gasteiger partial charge in [-0.3, -0.25) is 4.79 Å². The lowest BCUT2D eigenvalue weighted by Gasteiger charge is -2.23. The summed E-state index contributed by atoms with van der Waals surface area (Å²) in [5, 5.41) is 0. The van der Waals surface area contributed by atoms with Crippen molar-refractivity contribution in [3.63, 3.8) is 0 Å². The van der Waals surface area contributed by atoms with Crippen LogP contribution in [0.15, 0.2) is 0 Å². The highest BCUT2D eigenvalue weighted by Gasteiger charge is 2.31. The van der Waals surface area contributed by atoms with Crippen LogP contribution in [-0.2, 0) is 9.53 Å². The number of carbonyl (C=O) groups excluding carboxylic acids is 1. The highest BCUT2D eigenvalue weighted by atomic mass is 16.6. The number of rotatable bonds is 3. The fourth-order valence-corrected chi connectivity index (χ4v) is 1.75. The smallest absolute Gasteiger partial charge is 0.305 e. The number of esters is 1. The Morgan fingerprint density at radius 1 is 1.50 bits per heavy atom. The summed E-state index contributed by atoms with van der Waals surface area (Å²) >= 11 is 0. The normalized spacial score (nSPS) is 20.8. The van der Waals surface area contributed by atoms with Crippen molar-refractivity contribution < 1.29 is 9.53 Å². The molecule has 0 aromatic rings. The van der Waals surface area contributed by atoms with E-state index in [1.807, 2.05) is 14.8 Å². The van der Waals surface area contributed by atoms with Crippen molar-refractivity contribution in [1.82, 2.24) is 0 Å². The molecule has 0 bridgehead atoms. The Morgan fingerprint density at radius 2 is 2.08 bits per heavy atom. The van der Waals surface area contributed by atoms with Crippen LogP contribution in [0.1, 0.15) is 39.0 Å². The van der Waals surface area contributed by atoms with Crippen molar-refractivity contribution in [2.45, 2.75) is 50.9 Å². The van der Waals surface area contributed by atoms with Gasteiger partial charge in [-0.25, -0.2) is 0 Å². The van der Waals surface area contributed by atoms with Crippen LogP contribution in [0.25, 0.3) is 0 Å². The maximum Gasteiger partial charge on any atom is 0.305 e. The minimum Gasteiger partial charge on any atom is -0.459 e. The quantitative estimate of drug-likeness (QED) is 0.469. The molecule has 68 valence electrons. The zero-order chi connectivity index (χ0) is 9.03. The predicted octanol–water partition coefficient (Wildman–Crippen LogP) is 1.30. The second kappa shape index (κ2) is 3.97. The molecule has 0 aliphatic heterocycles. The minimum atomic E-state index is -0.133. The van der Waals surface area contributed by atoms with Gasteiger partial charge in [0.25, 0.3) is 0 Å². The van der Waals surface area contributed by atoms with Crippen LogP contribution in [0, 0.1) is 0 Å². The molecule has 1 rings (SSSR count). The zero-order valence-electron chi connectivity index (χ0n) is 8.06. The SMILES string of the molecule is BCCC(=O)OC1(C)CCCC1. The summed E-state index contributed by atoms with van der Waals surface area (Å²) in [5.41, 5.74) is -0.133. The van der Waals surface area contributed by atoms with E-state index in [0.29, 0.717) is 6.42 Å². The summed E-state index contributed by atoms with van der Waals surface area (Å²) in [6.07, 6.45) is 5.95. The summed E-state index contributed by atoms with van der Waals surface area (Å²) in [6, 6.07) is 0. The molecule has 0 amide bonds. The lowest BCUT2D eigenvalue weighted by Crippen LogP contribution is -2.27. The van der Waals surface area contributed by atoms with Crippen LogP contribution in [0.3, 0.4) is 0 Å². The first-order valence-corrected chi connectivity index (χ1v) is 4.88. The fourth-order valence-electron chi connectivity index (χ4n) is 1.75. The Morgan fingerprint density at radius 3 is 2.58 bits per heavy atom. The lowest BCUT2D eigenvalue weighted by molar-refractivity contribution is -0.157. The number of hydrogen-bond acceptors (Lipinski definition) is 2. The topological polar surface area (TPSA) is 26.3 Å². The number of ether oxygens (including phenoxy) is 1. The maximum atomic E-state index is 11.2. The van der Waals surface area contributed by atoms with E-state index in [1.54, 1.807) is 0 Å². The molecule has 0 aromatic carbocycles. The third kappa shape index (κ3) is 2.54. The molecule has 1 aliphatic rings. The second-order valence-electron chi connectivity index (χ2n) is 3.88. The van der Waals surface area contributed by atoms with Crippen molar-refractivity contribution >= 4 is 13.8 Å². The van der Waals surface area contributed by atoms with Crippen LogP contribution >= 0.6 is 0 Å². The zero-order valence-corrected chi connectivity index (χ0v) is 8.06. The Bertz CT molecular complexity index is 162. The van der Waals surface area contributed by atoms with E-state index in [4.69, 9.17) is 4.74 Å². The average molecular weight is 168 g/mol. The summed E-state index contributed by atoms with van der Waals surface area (Å²) in [5.74, 6) is -0.0260. The van der Waals surface area contributed by atoms with E-state index in [2.05, 4.69) is 0 Å². The fraction of sp³-hybridized carbons (Fsp3) is 0.889. The Balaban J connectivity index is 2.33. The van der Waals surface area contributed by atoms with Gasteiger partial charge in [0.2, 0.25) is 0 Å². The van der Waals surface area contributed by atoms with E-state index in [0.717, 1.165) is 19.2 Å². The first-order chi connectivity index (χ1) is 5.66. The van der Waals surface area contributed by atoms with E-state index in [9.17, 15) is 4.79 Å². The predicted molar refractivity (Wildman–Crippen MR) is 50.9 cm³/mol. The van der Waals surface area contributed by atoms with E-state index < -0.39 is 0 Å².